The van der Waals surface area contributed by atoms with E-state index in [0.29, 0.717) is 13.2 Å². The van der Waals surface area contributed by atoms with E-state index in [-0.39, 0.29) is 0 Å². The van der Waals surface area contributed by atoms with Gasteiger partial charge in [-0.05, 0) is 19.1 Å². The SMILES string of the molecule is Cc1csc(Nc2cccc(OCCN)c2)n1. The number of nitrogens with zero attached hydrogens (tertiary/aromatic N) is 1. The summed E-state index contributed by atoms with van der Waals surface area (Å²) in [5.74, 6) is 0.814. The molecule has 0 saturated carbocycles. The second-order valence-electron chi connectivity index (χ2n) is 3.58. The van der Waals surface area contributed by atoms with Crippen molar-refractivity contribution in [2.24, 2.45) is 5.73 Å². The summed E-state index contributed by atoms with van der Waals surface area (Å²) in [7, 11) is 0. The maximum atomic E-state index is 5.46. The molecule has 4 nitrogen and oxygen atoms in total. The van der Waals surface area contributed by atoms with Crippen LogP contribution >= 0.6 is 11.3 Å². The van der Waals surface area contributed by atoms with Crippen molar-refractivity contribution < 1.29 is 4.74 Å². The minimum absolute atomic E-state index is 0.517. The lowest BCUT2D eigenvalue weighted by molar-refractivity contribution is 0.328. The van der Waals surface area contributed by atoms with Gasteiger partial charge in [0.1, 0.15) is 12.4 Å². The molecule has 0 aliphatic heterocycles. The highest BCUT2D eigenvalue weighted by atomic mass is 32.1. The van der Waals surface area contributed by atoms with Crippen LogP contribution in [0.25, 0.3) is 0 Å². The van der Waals surface area contributed by atoms with Crippen molar-refractivity contribution in [2.75, 3.05) is 18.5 Å². The predicted molar refractivity (Wildman–Crippen MR) is 71.1 cm³/mol. The average Bonchev–Trinajstić information content (AvgIpc) is 2.73. The highest BCUT2D eigenvalue weighted by molar-refractivity contribution is 7.13. The maximum Gasteiger partial charge on any atom is 0.187 e. The number of ether oxygens (including phenoxy) is 1. The van der Waals surface area contributed by atoms with Gasteiger partial charge in [0.2, 0.25) is 0 Å². The molecule has 2 aromatic rings. The van der Waals surface area contributed by atoms with Gasteiger partial charge in [0.05, 0.1) is 5.69 Å². The Morgan fingerprint density at radius 3 is 3.06 bits per heavy atom. The van der Waals surface area contributed by atoms with Gasteiger partial charge in [0.15, 0.2) is 5.13 Å². The Morgan fingerprint density at radius 2 is 2.35 bits per heavy atom. The summed E-state index contributed by atoms with van der Waals surface area (Å²) >= 11 is 1.59. The van der Waals surface area contributed by atoms with Gasteiger partial charge in [-0.2, -0.15) is 0 Å². The molecule has 0 bridgehead atoms. The number of aryl methyl sites for hydroxylation is 1. The molecule has 90 valence electrons. The zero-order valence-corrected chi connectivity index (χ0v) is 10.5. The Morgan fingerprint density at radius 1 is 1.47 bits per heavy atom. The number of hydrogen-bond acceptors (Lipinski definition) is 5. The van der Waals surface area contributed by atoms with E-state index in [2.05, 4.69) is 10.3 Å². The Kier molecular flexibility index (Phi) is 3.95. The van der Waals surface area contributed by atoms with E-state index in [9.17, 15) is 0 Å². The topological polar surface area (TPSA) is 60.2 Å². The quantitative estimate of drug-likeness (QED) is 0.855. The van der Waals surface area contributed by atoms with Gasteiger partial charge in [0, 0.05) is 23.7 Å². The van der Waals surface area contributed by atoms with Crippen LogP contribution in [0.1, 0.15) is 5.69 Å². The van der Waals surface area contributed by atoms with E-state index in [4.69, 9.17) is 10.5 Å². The van der Waals surface area contributed by atoms with E-state index in [1.54, 1.807) is 11.3 Å². The van der Waals surface area contributed by atoms with E-state index < -0.39 is 0 Å². The van der Waals surface area contributed by atoms with Crippen LogP contribution in [0.2, 0.25) is 0 Å². The van der Waals surface area contributed by atoms with Crippen LogP contribution in [-0.4, -0.2) is 18.1 Å². The molecule has 0 aliphatic rings. The third-order valence-electron chi connectivity index (χ3n) is 2.09. The van der Waals surface area contributed by atoms with E-state index in [0.717, 1.165) is 22.3 Å². The highest BCUT2D eigenvalue weighted by Crippen LogP contribution is 2.23. The molecular formula is C12H15N3OS. The number of nitrogens with two attached hydrogens (primary N) is 1. The second kappa shape index (κ2) is 5.65. The number of hydrogen-bond donors (Lipinski definition) is 2. The smallest absolute Gasteiger partial charge is 0.187 e. The lowest BCUT2D eigenvalue weighted by atomic mass is 10.3. The molecule has 3 N–H and O–H groups in total. The molecule has 0 amide bonds. The lowest BCUT2D eigenvalue weighted by Crippen LogP contribution is -2.10. The zero-order valence-electron chi connectivity index (χ0n) is 9.64. The van der Waals surface area contributed by atoms with Crippen molar-refractivity contribution >= 4 is 22.2 Å². The summed E-state index contributed by atoms with van der Waals surface area (Å²) in [6.45, 7) is 3.02. The molecule has 1 aromatic carbocycles. The van der Waals surface area contributed by atoms with Gasteiger partial charge in [-0.3, -0.25) is 0 Å². The van der Waals surface area contributed by atoms with Crippen molar-refractivity contribution in [3.63, 3.8) is 0 Å². The largest absolute Gasteiger partial charge is 0.492 e. The third-order valence-corrected chi connectivity index (χ3v) is 2.97. The van der Waals surface area contributed by atoms with Crippen LogP contribution in [-0.2, 0) is 0 Å². The lowest BCUT2D eigenvalue weighted by Gasteiger charge is -2.07. The normalized spacial score (nSPS) is 10.2. The van der Waals surface area contributed by atoms with Crippen LogP contribution in [0.4, 0.5) is 10.8 Å². The van der Waals surface area contributed by atoms with E-state index in [1.807, 2.05) is 36.6 Å². The summed E-state index contributed by atoms with van der Waals surface area (Å²) in [5.41, 5.74) is 7.38. The standard InChI is InChI=1S/C12H15N3OS/c1-9-8-17-12(14-9)15-10-3-2-4-11(7-10)16-6-5-13/h2-4,7-8H,5-6,13H2,1H3,(H,14,15). The molecule has 2 rings (SSSR count). The molecule has 1 heterocycles. The van der Waals surface area contributed by atoms with Gasteiger partial charge >= 0.3 is 0 Å². The molecular weight excluding hydrogens is 234 g/mol. The molecule has 5 heteroatoms. The van der Waals surface area contributed by atoms with Crippen molar-refractivity contribution in [3.05, 3.63) is 35.3 Å². The first-order chi connectivity index (χ1) is 8.28. The number of thiazole rings is 1. The number of aromatic nitrogens is 1. The minimum atomic E-state index is 0.517. The van der Waals surface area contributed by atoms with Crippen LogP contribution in [0.15, 0.2) is 29.6 Å². The van der Waals surface area contributed by atoms with Gasteiger partial charge < -0.3 is 15.8 Å². The first kappa shape index (κ1) is 11.9. The van der Waals surface area contributed by atoms with Gasteiger partial charge in [-0.15, -0.1) is 11.3 Å². The van der Waals surface area contributed by atoms with Gasteiger partial charge in [-0.25, -0.2) is 4.98 Å². The molecule has 1 aromatic heterocycles. The first-order valence-electron chi connectivity index (χ1n) is 5.40. The van der Waals surface area contributed by atoms with Crippen LogP contribution in [0, 0.1) is 6.92 Å². The van der Waals surface area contributed by atoms with Crippen molar-refractivity contribution in [1.82, 2.24) is 4.98 Å². The number of benzene rings is 1. The number of nitrogens with one attached hydrogen (secondary N) is 1. The maximum absolute atomic E-state index is 5.46. The van der Waals surface area contributed by atoms with Crippen LogP contribution < -0.4 is 15.8 Å². The Labute approximate surface area is 104 Å². The van der Waals surface area contributed by atoms with Crippen molar-refractivity contribution in [1.29, 1.82) is 0 Å². The molecule has 0 unspecified atom stereocenters. The molecule has 0 radical (unpaired) electrons. The van der Waals surface area contributed by atoms with Crippen LogP contribution in [0.5, 0.6) is 5.75 Å². The Bertz CT molecular complexity index is 484. The first-order valence-corrected chi connectivity index (χ1v) is 6.28. The van der Waals surface area contributed by atoms with Crippen LogP contribution in [0.3, 0.4) is 0 Å². The average molecular weight is 249 g/mol. The van der Waals surface area contributed by atoms with E-state index in [1.165, 1.54) is 0 Å². The fourth-order valence-corrected chi connectivity index (χ4v) is 2.08. The second-order valence-corrected chi connectivity index (χ2v) is 4.44. The summed E-state index contributed by atoms with van der Waals surface area (Å²) < 4.78 is 5.46. The Balaban J connectivity index is 2.05. The van der Waals surface area contributed by atoms with Gasteiger partial charge in [-0.1, -0.05) is 6.07 Å². The third kappa shape index (κ3) is 3.44. The minimum Gasteiger partial charge on any atom is -0.492 e. The van der Waals surface area contributed by atoms with Crippen molar-refractivity contribution in [2.45, 2.75) is 6.92 Å². The zero-order chi connectivity index (χ0) is 12.1. The summed E-state index contributed by atoms with van der Waals surface area (Å²) in [6, 6.07) is 7.76. The number of anilines is 2. The van der Waals surface area contributed by atoms with E-state index >= 15 is 0 Å². The molecule has 0 saturated heterocycles. The molecule has 0 fully saturated rings. The fraction of sp³-hybridized carbons (Fsp3) is 0.250. The molecule has 17 heavy (non-hydrogen) atoms. The number of rotatable bonds is 5. The molecule has 0 aliphatic carbocycles. The monoisotopic (exact) mass is 249 g/mol. The Hall–Kier alpha value is -1.59. The summed E-state index contributed by atoms with van der Waals surface area (Å²) in [6.07, 6.45) is 0. The van der Waals surface area contributed by atoms with Crippen molar-refractivity contribution in [3.8, 4) is 5.75 Å². The molecule has 0 spiro atoms. The van der Waals surface area contributed by atoms with Gasteiger partial charge in [0.25, 0.3) is 0 Å². The highest BCUT2D eigenvalue weighted by Gasteiger charge is 2.00. The summed E-state index contributed by atoms with van der Waals surface area (Å²) in [5, 5.41) is 6.14. The fourth-order valence-electron chi connectivity index (χ4n) is 1.38. The molecule has 0 atom stereocenters. The summed E-state index contributed by atoms with van der Waals surface area (Å²) in [4.78, 5) is 4.34. The predicted octanol–water partition coefficient (Wildman–Crippen LogP) is 2.53.